The third-order valence-corrected chi connectivity index (χ3v) is 6.76. The fourth-order valence-electron chi connectivity index (χ4n) is 2.80. The van der Waals surface area contributed by atoms with Gasteiger partial charge in [-0.2, -0.15) is 0 Å². The van der Waals surface area contributed by atoms with Crippen LogP contribution in [-0.2, 0) is 6.42 Å². The highest BCUT2D eigenvalue weighted by atomic mass is 32.1. The van der Waals surface area contributed by atoms with Crippen molar-refractivity contribution in [3.63, 3.8) is 0 Å². The van der Waals surface area contributed by atoms with Gasteiger partial charge in [0, 0.05) is 10.3 Å². The molecule has 0 saturated carbocycles. The first-order valence-electron chi connectivity index (χ1n) is 7.47. The van der Waals surface area contributed by atoms with Crippen molar-refractivity contribution in [2.24, 2.45) is 0 Å². The zero-order chi connectivity index (χ0) is 15.8. The molecule has 3 aromatic heterocycles. The number of nitrogens with one attached hydrogen (secondary N) is 1. The molecule has 23 heavy (non-hydrogen) atoms. The molecule has 1 aliphatic rings. The number of amides is 1. The van der Waals surface area contributed by atoms with Crippen molar-refractivity contribution < 1.29 is 4.79 Å². The molecule has 0 fully saturated rings. The fraction of sp³-hybridized carbons (Fsp3) is 0.312. The molecule has 3 heterocycles. The summed E-state index contributed by atoms with van der Waals surface area (Å²) < 4.78 is 0. The van der Waals surface area contributed by atoms with Gasteiger partial charge in [-0.15, -0.1) is 34.0 Å². The summed E-state index contributed by atoms with van der Waals surface area (Å²) in [7, 11) is 0. The van der Waals surface area contributed by atoms with E-state index in [-0.39, 0.29) is 11.9 Å². The topological polar surface area (TPSA) is 54.9 Å². The van der Waals surface area contributed by atoms with Gasteiger partial charge in [0.1, 0.15) is 10.7 Å². The standard InChI is InChI=1S/C16H15N3OS3/c1-9-17-14-10(4-2-5-12(14)23-9)18-15(20)11-8-22-16(19-11)13-6-3-7-21-13/h3,6-8,10H,2,4-5H2,1H3,(H,18,20)/t10-/m0/s1. The Morgan fingerprint density at radius 2 is 2.26 bits per heavy atom. The number of carbonyl (C=O) groups excluding carboxylic acids is 1. The number of rotatable bonds is 3. The van der Waals surface area contributed by atoms with Crippen LogP contribution in [-0.4, -0.2) is 15.9 Å². The number of hydrogen-bond donors (Lipinski definition) is 1. The maximum Gasteiger partial charge on any atom is 0.271 e. The molecule has 4 rings (SSSR count). The normalized spacial score (nSPS) is 17.0. The maximum atomic E-state index is 12.5. The molecule has 1 atom stereocenters. The van der Waals surface area contributed by atoms with E-state index in [2.05, 4.69) is 15.3 Å². The van der Waals surface area contributed by atoms with Crippen molar-refractivity contribution in [3.05, 3.63) is 44.2 Å². The number of hydrogen-bond acceptors (Lipinski definition) is 6. The van der Waals surface area contributed by atoms with Crippen LogP contribution in [0.4, 0.5) is 0 Å². The molecule has 0 saturated heterocycles. The van der Waals surface area contributed by atoms with Gasteiger partial charge in [0.25, 0.3) is 5.91 Å². The third kappa shape index (κ3) is 2.96. The SMILES string of the molecule is Cc1nc2c(s1)CCC[C@@H]2NC(=O)c1csc(-c2cccs2)n1. The van der Waals surface area contributed by atoms with Gasteiger partial charge < -0.3 is 5.32 Å². The monoisotopic (exact) mass is 361 g/mol. The summed E-state index contributed by atoms with van der Waals surface area (Å²) in [6, 6.07) is 4.04. The van der Waals surface area contributed by atoms with Crippen LogP contribution in [0.2, 0.25) is 0 Å². The third-order valence-electron chi connectivity index (χ3n) is 3.84. The maximum absolute atomic E-state index is 12.5. The van der Waals surface area contributed by atoms with Crippen LogP contribution in [0.25, 0.3) is 9.88 Å². The molecule has 0 aromatic carbocycles. The van der Waals surface area contributed by atoms with Crippen molar-refractivity contribution in [3.8, 4) is 9.88 Å². The Hall–Kier alpha value is -1.57. The second-order valence-corrected chi connectivity index (χ2v) is 8.57. The van der Waals surface area contributed by atoms with E-state index in [1.54, 1.807) is 22.7 Å². The highest BCUT2D eigenvalue weighted by molar-refractivity contribution is 7.20. The van der Waals surface area contributed by atoms with E-state index in [1.807, 2.05) is 29.8 Å². The van der Waals surface area contributed by atoms with Crippen LogP contribution in [0.5, 0.6) is 0 Å². The smallest absolute Gasteiger partial charge is 0.271 e. The predicted octanol–water partition coefficient (Wildman–Crippen LogP) is 4.44. The highest BCUT2D eigenvalue weighted by Gasteiger charge is 2.26. The van der Waals surface area contributed by atoms with Crippen molar-refractivity contribution >= 4 is 39.9 Å². The van der Waals surface area contributed by atoms with E-state index < -0.39 is 0 Å². The van der Waals surface area contributed by atoms with Crippen LogP contribution >= 0.6 is 34.0 Å². The molecule has 118 valence electrons. The molecule has 0 bridgehead atoms. The predicted molar refractivity (Wildman–Crippen MR) is 95.4 cm³/mol. The van der Waals surface area contributed by atoms with E-state index in [1.165, 1.54) is 16.2 Å². The average molecular weight is 362 g/mol. The van der Waals surface area contributed by atoms with Crippen molar-refractivity contribution in [1.29, 1.82) is 0 Å². The Balaban J connectivity index is 1.53. The molecule has 0 radical (unpaired) electrons. The first-order chi connectivity index (χ1) is 11.2. The van der Waals surface area contributed by atoms with Crippen molar-refractivity contribution in [2.45, 2.75) is 32.2 Å². The second kappa shape index (κ2) is 6.14. The number of thiophene rings is 1. The zero-order valence-corrected chi connectivity index (χ0v) is 15.0. The lowest BCUT2D eigenvalue weighted by Crippen LogP contribution is -2.31. The molecular weight excluding hydrogens is 346 g/mol. The molecule has 1 amide bonds. The molecule has 0 unspecified atom stereocenters. The Labute approximate surface area is 146 Å². The van der Waals surface area contributed by atoms with Crippen LogP contribution in [0.15, 0.2) is 22.9 Å². The molecule has 4 nitrogen and oxygen atoms in total. The molecule has 0 aliphatic heterocycles. The highest BCUT2D eigenvalue weighted by Crippen LogP contribution is 2.33. The van der Waals surface area contributed by atoms with Crippen LogP contribution in [0.3, 0.4) is 0 Å². The van der Waals surface area contributed by atoms with Crippen LogP contribution in [0, 0.1) is 6.92 Å². The first-order valence-corrected chi connectivity index (χ1v) is 10.0. The Morgan fingerprint density at radius 3 is 3.09 bits per heavy atom. The lowest BCUT2D eigenvalue weighted by atomic mass is 9.97. The van der Waals surface area contributed by atoms with E-state index in [4.69, 9.17) is 0 Å². The van der Waals surface area contributed by atoms with Gasteiger partial charge in [0.05, 0.1) is 21.6 Å². The van der Waals surface area contributed by atoms with E-state index in [0.717, 1.165) is 39.8 Å². The number of aromatic nitrogens is 2. The van der Waals surface area contributed by atoms with E-state index >= 15 is 0 Å². The molecule has 1 N–H and O–H groups in total. The molecule has 0 spiro atoms. The average Bonchev–Trinajstić information content (AvgIpc) is 3.26. The number of carbonyl (C=O) groups is 1. The van der Waals surface area contributed by atoms with Crippen LogP contribution < -0.4 is 5.32 Å². The van der Waals surface area contributed by atoms with Gasteiger partial charge in [0.2, 0.25) is 0 Å². The fourth-order valence-corrected chi connectivity index (χ4v) is 5.46. The summed E-state index contributed by atoms with van der Waals surface area (Å²) in [6.07, 6.45) is 3.12. The van der Waals surface area contributed by atoms with Gasteiger partial charge in [-0.1, -0.05) is 6.07 Å². The summed E-state index contributed by atoms with van der Waals surface area (Å²) in [5.74, 6) is -0.104. The van der Waals surface area contributed by atoms with Gasteiger partial charge in [-0.05, 0) is 37.6 Å². The lowest BCUT2D eigenvalue weighted by molar-refractivity contribution is 0.0927. The zero-order valence-electron chi connectivity index (χ0n) is 12.5. The summed E-state index contributed by atoms with van der Waals surface area (Å²) in [5.41, 5.74) is 1.55. The van der Waals surface area contributed by atoms with Crippen molar-refractivity contribution in [1.82, 2.24) is 15.3 Å². The van der Waals surface area contributed by atoms with Crippen molar-refractivity contribution in [2.75, 3.05) is 0 Å². The largest absolute Gasteiger partial charge is 0.342 e. The number of fused-ring (bicyclic) bond motifs is 1. The molecule has 1 aliphatic carbocycles. The van der Waals surface area contributed by atoms with Gasteiger partial charge in [-0.3, -0.25) is 4.79 Å². The van der Waals surface area contributed by atoms with E-state index in [0.29, 0.717) is 5.69 Å². The number of thiazole rings is 2. The Bertz CT molecular complexity index is 835. The second-order valence-electron chi connectivity index (χ2n) is 5.47. The Kier molecular flexibility index (Phi) is 4.00. The quantitative estimate of drug-likeness (QED) is 0.750. The molecular formula is C16H15N3OS3. The summed E-state index contributed by atoms with van der Waals surface area (Å²) >= 11 is 4.89. The number of aryl methyl sites for hydroxylation is 2. The van der Waals surface area contributed by atoms with Gasteiger partial charge in [0.15, 0.2) is 0 Å². The van der Waals surface area contributed by atoms with Gasteiger partial charge >= 0.3 is 0 Å². The molecule has 7 heteroatoms. The first kappa shape index (κ1) is 15.0. The van der Waals surface area contributed by atoms with Crippen LogP contribution in [0.1, 0.15) is 45.0 Å². The minimum atomic E-state index is -0.104. The Morgan fingerprint density at radius 1 is 1.35 bits per heavy atom. The minimum Gasteiger partial charge on any atom is -0.342 e. The minimum absolute atomic E-state index is 0.0167. The molecule has 3 aromatic rings. The summed E-state index contributed by atoms with van der Waals surface area (Å²) in [6.45, 7) is 2.02. The number of nitrogens with zero attached hydrogens (tertiary/aromatic N) is 2. The lowest BCUT2D eigenvalue weighted by Gasteiger charge is -2.21. The van der Waals surface area contributed by atoms with E-state index in [9.17, 15) is 4.79 Å². The van der Waals surface area contributed by atoms with Gasteiger partial charge in [-0.25, -0.2) is 9.97 Å². The summed E-state index contributed by atoms with van der Waals surface area (Å²) in [5, 5.41) is 8.94. The summed E-state index contributed by atoms with van der Waals surface area (Å²) in [4.78, 5) is 24.0.